The van der Waals surface area contributed by atoms with Crippen molar-refractivity contribution in [2.75, 3.05) is 7.11 Å². The molecule has 6 heteroatoms. The molecule has 1 rings (SSSR count). The summed E-state index contributed by atoms with van der Waals surface area (Å²) in [5, 5.41) is 4.30. The van der Waals surface area contributed by atoms with Gasteiger partial charge in [-0.1, -0.05) is 26.7 Å². The van der Waals surface area contributed by atoms with Gasteiger partial charge in [-0.15, -0.1) is 0 Å². The van der Waals surface area contributed by atoms with E-state index in [2.05, 4.69) is 55.5 Å². The second kappa shape index (κ2) is 7.12. The van der Waals surface area contributed by atoms with Crippen LogP contribution in [0.1, 0.15) is 38.9 Å². The number of carbonyl (C=O) groups is 1. The minimum Gasteiger partial charge on any atom is -0.459 e. The van der Waals surface area contributed by atoms with Crippen molar-refractivity contribution in [3.05, 3.63) is 18.0 Å². The van der Waals surface area contributed by atoms with E-state index in [0.29, 0.717) is 6.42 Å². The van der Waals surface area contributed by atoms with Gasteiger partial charge in [0.05, 0.1) is 19.4 Å². The molecule has 1 aromatic rings. The lowest BCUT2D eigenvalue weighted by Crippen LogP contribution is -2.41. The van der Waals surface area contributed by atoms with E-state index in [4.69, 9.17) is 4.43 Å². The SMILES string of the molecule is COC(=O)C#CCC(O[Si](C)(C)C(C)(C)C)c1cnn(C)c1. The molecule has 0 aliphatic heterocycles. The van der Waals surface area contributed by atoms with Crippen LogP contribution in [0.4, 0.5) is 0 Å². The Labute approximate surface area is 134 Å². The Balaban J connectivity index is 2.97. The highest BCUT2D eigenvalue weighted by molar-refractivity contribution is 6.74. The van der Waals surface area contributed by atoms with Gasteiger partial charge in [0.25, 0.3) is 0 Å². The van der Waals surface area contributed by atoms with Gasteiger partial charge in [0.15, 0.2) is 8.32 Å². The first-order chi connectivity index (χ1) is 10.1. The Morgan fingerprint density at radius 1 is 1.45 bits per heavy atom. The number of nitrogens with zero attached hydrogens (tertiary/aromatic N) is 2. The Hall–Kier alpha value is -1.58. The van der Waals surface area contributed by atoms with Crippen molar-refractivity contribution >= 4 is 14.3 Å². The molecule has 0 N–H and O–H groups in total. The van der Waals surface area contributed by atoms with Gasteiger partial charge in [-0.3, -0.25) is 4.68 Å². The number of hydrogen-bond donors (Lipinski definition) is 0. The highest BCUT2D eigenvalue weighted by Gasteiger charge is 2.39. The lowest BCUT2D eigenvalue weighted by molar-refractivity contribution is -0.133. The van der Waals surface area contributed by atoms with Crippen molar-refractivity contribution in [1.82, 2.24) is 9.78 Å². The summed E-state index contributed by atoms with van der Waals surface area (Å²) in [6.45, 7) is 11.0. The number of aryl methyl sites for hydroxylation is 1. The van der Waals surface area contributed by atoms with Gasteiger partial charge in [0.1, 0.15) is 0 Å². The van der Waals surface area contributed by atoms with Gasteiger partial charge in [-0.05, 0) is 18.1 Å². The van der Waals surface area contributed by atoms with Crippen molar-refractivity contribution in [1.29, 1.82) is 0 Å². The predicted octanol–water partition coefficient (Wildman–Crippen LogP) is 3.05. The number of methoxy groups -OCH3 is 1. The highest BCUT2D eigenvalue weighted by Crippen LogP contribution is 2.40. The van der Waals surface area contributed by atoms with Crippen molar-refractivity contribution in [2.24, 2.45) is 7.05 Å². The lowest BCUT2D eigenvalue weighted by atomic mass is 10.1. The normalized spacial score (nSPS) is 13.2. The van der Waals surface area contributed by atoms with Gasteiger partial charge in [-0.2, -0.15) is 5.10 Å². The fourth-order valence-electron chi connectivity index (χ4n) is 1.63. The zero-order valence-corrected chi connectivity index (χ0v) is 15.6. The summed E-state index contributed by atoms with van der Waals surface area (Å²) < 4.78 is 12.7. The largest absolute Gasteiger partial charge is 0.459 e. The second-order valence-electron chi connectivity index (χ2n) is 6.81. The fourth-order valence-corrected chi connectivity index (χ4v) is 2.92. The van der Waals surface area contributed by atoms with E-state index in [1.165, 1.54) is 7.11 Å². The molecule has 22 heavy (non-hydrogen) atoms. The summed E-state index contributed by atoms with van der Waals surface area (Å²) in [6, 6.07) is 0. The molecule has 0 spiro atoms. The monoisotopic (exact) mass is 322 g/mol. The van der Waals surface area contributed by atoms with E-state index in [0.717, 1.165) is 5.56 Å². The first-order valence-corrected chi connectivity index (χ1v) is 10.2. The molecule has 0 aliphatic carbocycles. The summed E-state index contributed by atoms with van der Waals surface area (Å²) in [5.41, 5.74) is 0.978. The number of hydrogen-bond acceptors (Lipinski definition) is 4. The van der Waals surface area contributed by atoms with Gasteiger partial charge in [0, 0.05) is 31.1 Å². The third-order valence-corrected chi connectivity index (χ3v) is 8.49. The third-order valence-electron chi connectivity index (χ3n) is 4.00. The molecule has 122 valence electrons. The summed E-state index contributed by atoms with van der Waals surface area (Å²) in [5.74, 6) is 4.78. The molecule has 1 unspecified atom stereocenters. The van der Waals surface area contributed by atoms with Gasteiger partial charge >= 0.3 is 5.97 Å². The Kier molecular flexibility index (Phi) is 5.97. The molecule has 1 atom stereocenters. The molecule has 0 aromatic carbocycles. The molecule has 5 nitrogen and oxygen atoms in total. The van der Waals surface area contributed by atoms with Crippen LogP contribution in [0.3, 0.4) is 0 Å². The van der Waals surface area contributed by atoms with Gasteiger partial charge < -0.3 is 9.16 Å². The van der Waals surface area contributed by atoms with E-state index in [9.17, 15) is 4.79 Å². The summed E-state index contributed by atoms with van der Waals surface area (Å²) in [4.78, 5) is 11.1. The molecule has 0 amide bonds. The van der Waals surface area contributed by atoms with Crippen LogP contribution in [0, 0.1) is 11.8 Å². The Morgan fingerprint density at radius 2 is 2.09 bits per heavy atom. The predicted molar refractivity (Wildman–Crippen MR) is 88.6 cm³/mol. The Bertz CT molecular complexity index is 576. The zero-order valence-electron chi connectivity index (χ0n) is 14.6. The van der Waals surface area contributed by atoms with Gasteiger partial charge in [0.2, 0.25) is 0 Å². The maximum Gasteiger partial charge on any atom is 0.384 e. The molecule has 0 saturated carbocycles. The van der Waals surface area contributed by atoms with Crippen LogP contribution in [0.2, 0.25) is 18.1 Å². The van der Waals surface area contributed by atoms with E-state index >= 15 is 0 Å². The zero-order chi connectivity index (χ0) is 17.0. The maximum absolute atomic E-state index is 11.1. The molecular formula is C16H26N2O3Si. The molecule has 0 saturated heterocycles. The van der Waals surface area contributed by atoms with Crippen molar-refractivity contribution in [3.63, 3.8) is 0 Å². The Morgan fingerprint density at radius 3 is 2.55 bits per heavy atom. The van der Waals surface area contributed by atoms with E-state index in [1.807, 2.05) is 13.2 Å². The maximum atomic E-state index is 11.1. The first kappa shape index (κ1) is 18.5. The van der Waals surface area contributed by atoms with Crippen molar-refractivity contribution < 1.29 is 14.0 Å². The minimum absolute atomic E-state index is 0.100. The lowest BCUT2D eigenvalue weighted by Gasteiger charge is -2.38. The minimum atomic E-state index is -1.95. The summed E-state index contributed by atoms with van der Waals surface area (Å²) >= 11 is 0. The smallest absolute Gasteiger partial charge is 0.384 e. The van der Waals surface area contributed by atoms with Gasteiger partial charge in [-0.25, -0.2) is 4.79 Å². The number of ether oxygens (including phenoxy) is 1. The first-order valence-electron chi connectivity index (χ1n) is 7.30. The standard InChI is InChI=1S/C16H26N2O3Si/c1-16(2,3)22(6,7)21-14(9-8-10-15(19)20-5)13-11-17-18(4)12-13/h11-12,14H,9H2,1-7H3. The number of aromatic nitrogens is 2. The topological polar surface area (TPSA) is 53.4 Å². The number of carbonyl (C=O) groups excluding carboxylic acids is 1. The molecular weight excluding hydrogens is 296 g/mol. The summed E-state index contributed by atoms with van der Waals surface area (Å²) in [7, 11) is 1.24. The average molecular weight is 322 g/mol. The highest BCUT2D eigenvalue weighted by atomic mass is 28.4. The van der Waals surface area contributed by atoms with E-state index in [1.54, 1.807) is 10.9 Å². The van der Waals surface area contributed by atoms with Crippen LogP contribution in [0.25, 0.3) is 0 Å². The molecule has 0 bridgehead atoms. The number of rotatable bonds is 4. The molecule has 1 aromatic heterocycles. The fraction of sp³-hybridized carbons (Fsp3) is 0.625. The average Bonchev–Trinajstić information content (AvgIpc) is 2.82. The van der Waals surface area contributed by atoms with Crippen molar-refractivity contribution in [2.45, 2.75) is 51.4 Å². The quantitative estimate of drug-likeness (QED) is 0.370. The van der Waals surface area contributed by atoms with Crippen molar-refractivity contribution in [3.8, 4) is 11.8 Å². The van der Waals surface area contributed by atoms with Crippen LogP contribution in [0.15, 0.2) is 12.4 Å². The molecule has 0 fully saturated rings. The molecule has 0 aliphatic rings. The van der Waals surface area contributed by atoms with E-state index in [-0.39, 0.29) is 11.1 Å². The second-order valence-corrected chi connectivity index (χ2v) is 11.6. The summed E-state index contributed by atoms with van der Waals surface area (Å²) in [6.07, 6.45) is 3.97. The molecule has 0 radical (unpaired) electrons. The van der Waals surface area contributed by atoms with Crippen LogP contribution in [-0.2, 0) is 21.0 Å². The molecule has 1 heterocycles. The van der Waals surface area contributed by atoms with Crippen LogP contribution >= 0.6 is 0 Å². The van der Waals surface area contributed by atoms with Crippen LogP contribution in [0.5, 0.6) is 0 Å². The number of esters is 1. The van der Waals surface area contributed by atoms with Crippen LogP contribution < -0.4 is 0 Å². The van der Waals surface area contributed by atoms with Crippen LogP contribution in [-0.4, -0.2) is 31.2 Å². The van der Waals surface area contributed by atoms with E-state index < -0.39 is 14.3 Å². The third kappa shape index (κ3) is 5.00.